The number of carbonyl (C=O) groups excluding carboxylic acids is 2. The van der Waals surface area contributed by atoms with Crippen LogP contribution in [0.2, 0.25) is 10.0 Å². The number of thiocarbonyl (C=S) groups is 1. The van der Waals surface area contributed by atoms with Gasteiger partial charge in [0.2, 0.25) is 5.91 Å². The van der Waals surface area contributed by atoms with E-state index in [9.17, 15) is 9.59 Å². The van der Waals surface area contributed by atoms with Crippen molar-refractivity contribution in [3.05, 3.63) is 52.5 Å². The average molecular weight is 454 g/mol. The molecule has 6 nitrogen and oxygen atoms in total. The Labute approximate surface area is 184 Å². The molecule has 29 heavy (non-hydrogen) atoms. The summed E-state index contributed by atoms with van der Waals surface area (Å²) < 4.78 is 5.56. The second-order valence-electron chi connectivity index (χ2n) is 6.15. The molecule has 0 bridgehead atoms. The lowest BCUT2D eigenvalue weighted by molar-refractivity contribution is -0.125. The van der Waals surface area contributed by atoms with Crippen LogP contribution in [0.3, 0.4) is 0 Å². The molecule has 1 atom stereocenters. The third-order valence-corrected chi connectivity index (χ3v) is 4.44. The summed E-state index contributed by atoms with van der Waals surface area (Å²) in [6.07, 6.45) is 0.424. The molecular formula is C20H21Cl2N3O3S. The Morgan fingerprint density at radius 1 is 1.07 bits per heavy atom. The molecule has 2 rings (SSSR count). The largest absolute Gasteiger partial charge is 0.479 e. The number of rotatable bonds is 7. The monoisotopic (exact) mass is 453 g/mol. The number of benzene rings is 2. The maximum absolute atomic E-state index is 12.3. The van der Waals surface area contributed by atoms with Crippen LogP contribution >= 0.6 is 35.4 Å². The summed E-state index contributed by atoms with van der Waals surface area (Å²) in [5.41, 5.74) is 1.35. The molecule has 0 aromatic heterocycles. The fourth-order valence-corrected chi connectivity index (χ4v) is 2.95. The zero-order chi connectivity index (χ0) is 21.4. The molecule has 0 aliphatic carbocycles. The summed E-state index contributed by atoms with van der Waals surface area (Å²) in [7, 11) is 0. The zero-order valence-electron chi connectivity index (χ0n) is 15.9. The highest BCUT2D eigenvalue weighted by atomic mass is 35.5. The first-order valence-corrected chi connectivity index (χ1v) is 10.1. The van der Waals surface area contributed by atoms with Gasteiger partial charge in [0, 0.05) is 22.8 Å². The first-order chi connectivity index (χ1) is 13.8. The van der Waals surface area contributed by atoms with E-state index >= 15 is 0 Å². The number of amides is 2. The Morgan fingerprint density at radius 2 is 1.69 bits per heavy atom. The van der Waals surface area contributed by atoms with E-state index in [1.807, 2.05) is 6.92 Å². The van der Waals surface area contributed by atoms with Crippen molar-refractivity contribution in [3.8, 4) is 5.75 Å². The summed E-state index contributed by atoms with van der Waals surface area (Å²) in [6.45, 7) is 3.52. The van der Waals surface area contributed by atoms with Gasteiger partial charge in [-0.1, -0.05) is 30.1 Å². The normalized spacial score (nSPS) is 11.3. The Hall–Kier alpha value is -2.35. The van der Waals surface area contributed by atoms with E-state index in [0.717, 1.165) is 6.42 Å². The molecule has 0 fully saturated rings. The maximum atomic E-state index is 12.3. The molecule has 9 heteroatoms. The van der Waals surface area contributed by atoms with Crippen molar-refractivity contribution < 1.29 is 14.3 Å². The Balaban J connectivity index is 1.86. The number of nitrogens with one attached hydrogen (secondary N) is 3. The molecule has 0 aliphatic heterocycles. The van der Waals surface area contributed by atoms with Crippen LogP contribution in [0, 0.1) is 0 Å². The molecule has 2 aromatic rings. The molecule has 2 amide bonds. The summed E-state index contributed by atoms with van der Waals surface area (Å²) >= 11 is 17.1. The first kappa shape index (κ1) is 22.9. The Kier molecular flexibility index (Phi) is 8.70. The minimum Gasteiger partial charge on any atom is -0.479 e. The number of hydrogen-bond acceptors (Lipinski definition) is 4. The van der Waals surface area contributed by atoms with Gasteiger partial charge in [0.25, 0.3) is 5.91 Å². The van der Waals surface area contributed by atoms with E-state index in [0.29, 0.717) is 33.6 Å². The molecule has 0 radical (unpaired) electrons. The third-order valence-electron chi connectivity index (χ3n) is 3.71. The quantitative estimate of drug-likeness (QED) is 0.513. The van der Waals surface area contributed by atoms with Gasteiger partial charge in [-0.05, 0) is 68.0 Å². The van der Waals surface area contributed by atoms with Crippen molar-refractivity contribution in [3.63, 3.8) is 0 Å². The van der Waals surface area contributed by atoms with Crippen LogP contribution in [0.15, 0.2) is 42.5 Å². The molecule has 0 spiro atoms. The molecule has 154 valence electrons. The van der Waals surface area contributed by atoms with E-state index in [4.69, 9.17) is 40.2 Å². The van der Waals surface area contributed by atoms with Gasteiger partial charge in [0.1, 0.15) is 5.75 Å². The van der Waals surface area contributed by atoms with E-state index in [-0.39, 0.29) is 11.0 Å². The van der Waals surface area contributed by atoms with E-state index < -0.39 is 12.0 Å². The molecule has 0 aliphatic rings. The summed E-state index contributed by atoms with van der Waals surface area (Å²) in [4.78, 5) is 23.9. The topological polar surface area (TPSA) is 79.5 Å². The van der Waals surface area contributed by atoms with Crippen molar-refractivity contribution in [1.29, 1.82) is 0 Å². The molecular weight excluding hydrogens is 433 g/mol. The van der Waals surface area contributed by atoms with Gasteiger partial charge in [0.15, 0.2) is 11.2 Å². The first-order valence-electron chi connectivity index (χ1n) is 8.92. The van der Waals surface area contributed by atoms with Gasteiger partial charge in [-0.3, -0.25) is 14.9 Å². The molecule has 1 unspecified atom stereocenters. The molecule has 0 saturated heterocycles. The molecule has 0 saturated carbocycles. The highest BCUT2D eigenvalue weighted by Crippen LogP contribution is 2.28. The number of halogens is 2. The van der Waals surface area contributed by atoms with Gasteiger partial charge in [-0.25, -0.2) is 0 Å². The van der Waals surface area contributed by atoms with Gasteiger partial charge in [-0.2, -0.15) is 0 Å². The molecule has 2 aromatic carbocycles. The van der Waals surface area contributed by atoms with Crippen LogP contribution in [0.4, 0.5) is 11.4 Å². The van der Waals surface area contributed by atoms with Crippen LogP contribution in [0.25, 0.3) is 0 Å². The van der Waals surface area contributed by atoms with Crippen LogP contribution < -0.4 is 20.7 Å². The second kappa shape index (κ2) is 11.0. The SMILES string of the molecule is CCCC(=O)Nc1ccc(NC(=S)NC(=O)C(C)Oc2ccc(Cl)cc2Cl)cc1. The van der Waals surface area contributed by atoms with Gasteiger partial charge in [0.05, 0.1) is 5.02 Å². The lowest BCUT2D eigenvalue weighted by Gasteiger charge is -2.16. The summed E-state index contributed by atoms with van der Waals surface area (Å²) in [5, 5.41) is 9.16. The minimum atomic E-state index is -0.829. The van der Waals surface area contributed by atoms with E-state index in [1.54, 1.807) is 43.3 Å². The van der Waals surface area contributed by atoms with Crippen molar-refractivity contribution in [1.82, 2.24) is 5.32 Å². The Bertz CT molecular complexity index is 891. The van der Waals surface area contributed by atoms with Crippen LogP contribution in [-0.2, 0) is 9.59 Å². The highest BCUT2D eigenvalue weighted by Gasteiger charge is 2.17. The zero-order valence-corrected chi connectivity index (χ0v) is 18.3. The highest BCUT2D eigenvalue weighted by molar-refractivity contribution is 7.80. The number of ether oxygens (including phenoxy) is 1. The molecule has 3 N–H and O–H groups in total. The molecule has 0 heterocycles. The number of anilines is 2. The third kappa shape index (κ3) is 7.53. The van der Waals surface area contributed by atoms with Crippen LogP contribution in [0.1, 0.15) is 26.7 Å². The van der Waals surface area contributed by atoms with Crippen molar-refractivity contribution in [2.75, 3.05) is 10.6 Å². The standard InChI is InChI=1S/C20H21Cl2N3O3S/c1-3-4-18(26)23-14-6-8-15(9-7-14)24-20(29)25-19(27)12(2)28-17-10-5-13(21)11-16(17)22/h5-12H,3-4H2,1-2H3,(H,23,26)(H2,24,25,27,29). The number of hydrogen-bond donors (Lipinski definition) is 3. The maximum Gasteiger partial charge on any atom is 0.266 e. The van der Waals surface area contributed by atoms with Gasteiger partial charge >= 0.3 is 0 Å². The number of carbonyl (C=O) groups is 2. The van der Waals surface area contributed by atoms with E-state index in [2.05, 4.69) is 16.0 Å². The minimum absolute atomic E-state index is 0.0363. The van der Waals surface area contributed by atoms with Crippen molar-refractivity contribution in [2.45, 2.75) is 32.8 Å². The smallest absolute Gasteiger partial charge is 0.266 e. The lowest BCUT2D eigenvalue weighted by atomic mass is 10.2. The lowest BCUT2D eigenvalue weighted by Crippen LogP contribution is -2.42. The van der Waals surface area contributed by atoms with Crippen LogP contribution in [0.5, 0.6) is 5.75 Å². The van der Waals surface area contributed by atoms with Crippen molar-refractivity contribution >= 4 is 63.7 Å². The van der Waals surface area contributed by atoms with Gasteiger partial charge in [-0.15, -0.1) is 0 Å². The second-order valence-corrected chi connectivity index (χ2v) is 7.41. The summed E-state index contributed by atoms with van der Waals surface area (Å²) in [5.74, 6) is -0.124. The van der Waals surface area contributed by atoms with Crippen LogP contribution in [-0.4, -0.2) is 23.0 Å². The predicted molar refractivity (Wildman–Crippen MR) is 121 cm³/mol. The van der Waals surface area contributed by atoms with Crippen molar-refractivity contribution in [2.24, 2.45) is 0 Å². The van der Waals surface area contributed by atoms with E-state index in [1.165, 1.54) is 6.07 Å². The summed E-state index contributed by atoms with van der Waals surface area (Å²) in [6, 6.07) is 11.7. The fourth-order valence-electron chi connectivity index (χ4n) is 2.28. The fraction of sp³-hybridized carbons (Fsp3) is 0.250. The average Bonchev–Trinajstić information content (AvgIpc) is 2.65. The van der Waals surface area contributed by atoms with Gasteiger partial charge < -0.3 is 15.4 Å². The predicted octanol–water partition coefficient (Wildman–Crippen LogP) is 5.01. The Morgan fingerprint density at radius 3 is 2.28 bits per heavy atom.